The molecule has 4 heterocycles. The van der Waals surface area contributed by atoms with E-state index in [1.165, 1.54) is 0 Å². The van der Waals surface area contributed by atoms with E-state index in [0.29, 0.717) is 19.0 Å². The second-order valence-corrected chi connectivity index (χ2v) is 8.66. The van der Waals surface area contributed by atoms with Crippen LogP contribution in [-0.4, -0.2) is 57.5 Å². The first-order valence-electron chi connectivity index (χ1n) is 11.4. The number of amides is 1. The number of morpholine rings is 1. The Kier molecular flexibility index (Phi) is 5.97. The molecule has 176 valence electrons. The first kappa shape index (κ1) is 22.0. The van der Waals surface area contributed by atoms with Crippen LogP contribution in [0.4, 0.5) is 5.82 Å². The van der Waals surface area contributed by atoms with E-state index in [-0.39, 0.29) is 23.8 Å². The van der Waals surface area contributed by atoms with Crippen molar-refractivity contribution in [1.82, 2.24) is 30.6 Å². The predicted octanol–water partition coefficient (Wildman–Crippen LogP) is 3.46. The number of hydrogen-bond donors (Lipinski definition) is 2. The van der Waals surface area contributed by atoms with Crippen molar-refractivity contribution in [2.24, 2.45) is 0 Å². The lowest BCUT2D eigenvalue weighted by Gasteiger charge is -2.27. The Bertz CT molecular complexity index is 1290. The number of carbonyl (C=O) groups excluding carboxylic acids is 1. The molecule has 3 aromatic heterocycles. The number of fused-ring (bicyclic) bond motifs is 1. The Hall–Kier alpha value is -3.79. The molecule has 34 heavy (non-hydrogen) atoms. The first-order valence-corrected chi connectivity index (χ1v) is 11.4. The Labute approximate surface area is 196 Å². The topological polar surface area (TPSA) is 122 Å². The largest absolute Gasteiger partial charge is 0.378 e. The highest BCUT2D eigenvalue weighted by Gasteiger charge is 2.21. The van der Waals surface area contributed by atoms with Gasteiger partial charge in [-0.25, -0.2) is 4.98 Å². The van der Waals surface area contributed by atoms with E-state index in [1.54, 1.807) is 6.20 Å². The molecule has 0 spiro atoms. The molecule has 1 aliphatic heterocycles. The van der Waals surface area contributed by atoms with Crippen molar-refractivity contribution in [3.63, 3.8) is 0 Å². The molecule has 0 aliphatic carbocycles. The van der Waals surface area contributed by atoms with Crippen LogP contribution in [-0.2, 0) is 4.74 Å². The highest BCUT2D eigenvalue weighted by Crippen LogP contribution is 2.34. The number of nitrogens with one attached hydrogen (secondary N) is 2. The van der Waals surface area contributed by atoms with Gasteiger partial charge < -0.3 is 19.5 Å². The van der Waals surface area contributed by atoms with Crippen LogP contribution in [0.1, 0.15) is 54.8 Å². The van der Waals surface area contributed by atoms with Gasteiger partial charge in [0.2, 0.25) is 0 Å². The summed E-state index contributed by atoms with van der Waals surface area (Å²) in [4.78, 5) is 23.4. The number of anilines is 1. The quantitative estimate of drug-likeness (QED) is 0.448. The second-order valence-electron chi connectivity index (χ2n) is 8.66. The number of nitrogens with zero attached hydrogens (tertiary/aromatic N) is 5. The van der Waals surface area contributed by atoms with Gasteiger partial charge in [-0.1, -0.05) is 43.3 Å². The summed E-state index contributed by atoms with van der Waals surface area (Å²) < 4.78 is 10.6. The monoisotopic (exact) mass is 461 g/mol. The van der Waals surface area contributed by atoms with Crippen molar-refractivity contribution in [2.45, 2.75) is 32.7 Å². The van der Waals surface area contributed by atoms with E-state index in [0.717, 1.165) is 46.6 Å². The van der Waals surface area contributed by atoms with Gasteiger partial charge in [-0.3, -0.25) is 9.89 Å². The predicted molar refractivity (Wildman–Crippen MR) is 127 cm³/mol. The van der Waals surface area contributed by atoms with Crippen LogP contribution >= 0.6 is 0 Å². The molecule has 10 nitrogen and oxygen atoms in total. The number of aromatic amines is 1. The van der Waals surface area contributed by atoms with Gasteiger partial charge in [0.15, 0.2) is 17.3 Å². The third-order valence-electron chi connectivity index (χ3n) is 5.97. The molecule has 0 unspecified atom stereocenters. The zero-order valence-corrected chi connectivity index (χ0v) is 19.4. The molecule has 2 N–H and O–H groups in total. The lowest BCUT2D eigenvalue weighted by atomic mass is 9.99. The number of hydrogen-bond acceptors (Lipinski definition) is 8. The number of pyridine rings is 1. The van der Waals surface area contributed by atoms with Gasteiger partial charge in [0.25, 0.3) is 0 Å². The Morgan fingerprint density at radius 3 is 2.59 bits per heavy atom. The van der Waals surface area contributed by atoms with Gasteiger partial charge in [-0.05, 0) is 29.7 Å². The maximum Gasteiger partial charge on any atom is 0.315 e. The molecule has 4 aromatic rings. The Morgan fingerprint density at radius 1 is 1.12 bits per heavy atom. The van der Waals surface area contributed by atoms with Crippen LogP contribution < -0.4 is 10.2 Å². The zero-order chi connectivity index (χ0) is 23.7. The summed E-state index contributed by atoms with van der Waals surface area (Å²) in [5.74, 6) is 1.09. The molecule has 1 amide bonds. The summed E-state index contributed by atoms with van der Waals surface area (Å²) >= 11 is 0. The minimum absolute atomic E-state index is 0.0260. The van der Waals surface area contributed by atoms with Crippen LogP contribution in [0.2, 0.25) is 0 Å². The molecule has 1 saturated heterocycles. The maximum atomic E-state index is 12.5. The third-order valence-corrected chi connectivity index (χ3v) is 5.97. The average Bonchev–Trinajstić information content (AvgIpc) is 3.53. The minimum Gasteiger partial charge on any atom is -0.378 e. The Morgan fingerprint density at radius 2 is 1.88 bits per heavy atom. The van der Waals surface area contributed by atoms with Crippen LogP contribution in [0, 0.1) is 0 Å². The van der Waals surface area contributed by atoms with Crippen molar-refractivity contribution in [3.05, 3.63) is 53.8 Å². The third kappa shape index (κ3) is 4.24. The van der Waals surface area contributed by atoms with Crippen LogP contribution in [0.5, 0.6) is 0 Å². The molecule has 1 atom stereocenters. The van der Waals surface area contributed by atoms with Crippen molar-refractivity contribution in [2.75, 3.05) is 31.2 Å². The van der Waals surface area contributed by atoms with Crippen molar-refractivity contribution in [1.29, 1.82) is 0 Å². The summed E-state index contributed by atoms with van der Waals surface area (Å²) in [6.45, 7) is 8.77. The highest BCUT2D eigenvalue weighted by atomic mass is 16.5. The summed E-state index contributed by atoms with van der Waals surface area (Å²) in [5.41, 5.74) is 3.82. The van der Waals surface area contributed by atoms with E-state index >= 15 is 0 Å². The molecular weight excluding hydrogens is 434 g/mol. The van der Waals surface area contributed by atoms with Gasteiger partial charge in [-0.15, -0.1) is 0 Å². The van der Waals surface area contributed by atoms with Gasteiger partial charge in [0, 0.05) is 25.2 Å². The lowest BCUT2D eigenvalue weighted by Crippen LogP contribution is -2.36. The van der Waals surface area contributed by atoms with Gasteiger partial charge in [0.1, 0.15) is 0 Å². The van der Waals surface area contributed by atoms with Gasteiger partial charge in [-0.2, -0.15) is 10.1 Å². The van der Waals surface area contributed by atoms with E-state index < -0.39 is 0 Å². The number of ether oxygens (including phenoxy) is 1. The highest BCUT2D eigenvalue weighted by molar-refractivity contribution is 6.00. The molecule has 0 bridgehead atoms. The average molecular weight is 462 g/mol. The van der Waals surface area contributed by atoms with Crippen LogP contribution in [0.25, 0.3) is 22.2 Å². The number of H-pyrrole nitrogens is 1. The summed E-state index contributed by atoms with van der Waals surface area (Å²) in [5, 5.41) is 15.4. The SMILES string of the molecule is CC(C)c1noc(C(=O)N[C@H](C)c2ccc(-c3ccnc4[nH]nc(N5CCOCC5)c34)cc2)n1. The van der Waals surface area contributed by atoms with Crippen molar-refractivity contribution >= 4 is 22.8 Å². The molecule has 1 fully saturated rings. The van der Waals surface area contributed by atoms with E-state index in [2.05, 4.69) is 35.5 Å². The smallest absolute Gasteiger partial charge is 0.315 e. The van der Waals surface area contributed by atoms with Crippen molar-refractivity contribution in [3.8, 4) is 11.1 Å². The van der Waals surface area contributed by atoms with Gasteiger partial charge >= 0.3 is 11.8 Å². The van der Waals surface area contributed by atoms with E-state index in [1.807, 2.05) is 51.1 Å². The number of rotatable bonds is 6. The Balaban J connectivity index is 1.36. The molecule has 10 heteroatoms. The molecule has 5 rings (SSSR count). The van der Waals surface area contributed by atoms with Crippen LogP contribution in [0.3, 0.4) is 0 Å². The van der Waals surface area contributed by atoms with E-state index in [4.69, 9.17) is 9.26 Å². The lowest BCUT2D eigenvalue weighted by molar-refractivity contribution is 0.0895. The fourth-order valence-electron chi connectivity index (χ4n) is 4.03. The summed E-state index contributed by atoms with van der Waals surface area (Å²) in [6.07, 6.45) is 1.78. The fraction of sp³-hybridized carbons (Fsp3) is 0.375. The standard InChI is InChI=1S/C24H27N7O3/c1-14(2)20-27-24(34-30-20)23(32)26-15(3)16-4-6-17(7-5-16)18-8-9-25-21-19(18)22(29-28-21)31-10-12-33-13-11-31/h4-9,14-15H,10-13H2,1-3H3,(H,26,32)(H,25,28,29)/t15-/m1/s1. The van der Waals surface area contributed by atoms with Gasteiger partial charge in [0.05, 0.1) is 24.6 Å². The molecule has 0 saturated carbocycles. The second kappa shape index (κ2) is 9.22. The summed E-state index contributed by atoms with van der Waals surface area (Å²) in [7, 11) is 0. The van der Waals surface area contributed by atoms with Crippen molar-refractivity contribution < 1.29 is 14.1 Å². The molecule has 1 aliphatic rings. The molecule has 0 radical (unpaired) electrons. The fourth-order valence-corrected chi connectivity index (χ4v) is 4.03. The number of carbonyl (C=O) groups is 1. The number of benzene rings is 1. The number of aromatic nitrogens is 5. The molecular formula is C24H27N7O3. The minimum atomic E-state index is -0.389. The normalized spacial score (nSPS) is 15.1. The zero-order valence-electron chi connectivity index (χ0n) is 19.4. The first-order chi connectivity index (χ1) is 16.5. The maximum absolute atomic E-state index is 12.5. The van der Waals surface area contributed by atoms with E-state index in [9.17, 15) is 4.79 Å². The summed E-state index contributed by atoms with van der Waals surface area (Å²) in [6, 6.07) is 9.89. The van der Waals surface area contributed by atoms with Crippen LogP contribution in [0.15, 0.2) is 41.1 Å². The molecule has 1 aromatic carbocycles.